The van der Waals surface area contributed by atoms with Gasteiger partial charge in [-0.2, -0.15) is 13.2 Å². The lowest BCUT2D eigenvalue weighted by Crippen LogP contribution is -2.63. The molecule has 0 aromatic carbocycles. The van der Waals surface area contributed by atoms with E-state index in [4.69, 9.17) is 44.1 Å². The number of aliphatic carboxylic acids is 1. The van der Waals surface area contributed by atoms with Crippen molar-refractivity contribution in [3.05, 3.63) is 0 Å². The maximum absolute atomic E-state index is 11.8. The van der Waals surface area contributed by atoms with E-state index < -0.39 is 66.7 Å². The molecule has 0 aliphatic carbocycles. The zero-order valence-corrected chi connectivity index (χ0v) is 22.9. The number of hydrogen-bond donors (Lipinski definition) is 3. The number of amides is 1. The van der Waals surface area contributed by atoms with Crippen LogP contribution in [0.5, 0.6) is 0 Å². The molecule has 0 radical (unpaired) electrons. The van der Waals surface area contributed by atoms with Gasteiger partial charge in [0.15, 0.2) is 24.6 Å². The molecule has 1 saturated heterocycles. The zero-order chi connectivity index (χ0) is 31.8. The Bertz CT molecular complexity index is 901. The van der Waals surface area contributed by atoms with Crippen LogP contribution in [0.2, 0.25) is 0 Å². The number of carboxylic acids is 1. The van der Waals surface area contributed by atoms with E-state index in [2.05, 4.69) is 5.32 Å². The van der Waals surface area contributed by atoms with Gasteiger partial charge in [0.25, 0.3) is 0 Å². The molecular weight excluding hydrogens is 569 g/mol. The number of carbonyl (C=O) groups excluding carboxylic acids is 5. The molecule has 1 fully saturated rings. The maximum Gasteiger partial charge on any atom is 0.490 e. The minimum atomic E-state index is -5.08. The topological polar surface area (TPSA) is 216 Å². The van der Waals surface area contributed by atoms with Crippen LogP contribution in [0, 0.1) is 0 Å². The van der Waals surface area contributed by atoms with Gasteiger partial charge in [0.1, 0.15) is 12.7 Å². The molecule has 236 valence electrons. The van der Waals surface area contributed by atoms with Gasteiger partial charge in [0, 0.05) is 40.7 Å². The minimum absolute atomic E-state index is 0.0258. The maximum atomic E-state index is 11.8. The monoisotopic (exact) mass is 604 g/mol. The van der Waals surface area contributed by atoms with Crippen LogP contribution in [-0.4, -0.2) is 104 Å². The van der Waals surface area contributed by atoms with Gasteiger partial charge < -0.3 is 44.6 Å². The molecule has 1 aliphatic rings. The van der Waals surface area contributed by atoms with Gasteiger partial charge in [-0.25, -0.2) is 4.79 Å². The Balaban J connectivity index is 0.00000201. The molecule has 0 aromatic rings. The van der Waals surface area contributed by atoms with Gasteiger partial charge in [-0.05, 0) is 19.4 Å². The highest BCUT2D eigenvalue weighted by atomic mass is 19.4. The largest absolute Gasteiger partial charge is 0.490 e. The SMILES string of the molecule is CC(=O)OC[C@H]1O[C@H](OCCCC(=O)NCCCN)[C@@H](OC(C)=O)[C@@H](OC(C)=O)[C@@H]1OC(C)=O.O=C(O)C(F)(F)F. The molecule has 15 nitrogen and oxygen atoms in total. The highest BCUT2D eigenvalue weighted by molar-refractivity contribution is 5.75. The average molecular weight is 605 g/mol. The molecule has 0 saturated carbocycles. The summed E-state index contributed by atoms with van der Waals surface area (Å²) in [4.78, 5) is 67.3. The summed E-state index contributed by atoms with van der Waals surface area (Å²) in [6.07, 6.45) is -10.2. The molecule has 18 heteroatoms. The van der Waals surface area contributed by atoms with Crippen LogP contribution < -0.4 is 11.1 Å². The van der Waals surface area contributed by atoms with Gasteiger partial charge >= 0.3 is 36.0 Å². The van der Waals surface area contributed by atoms with Crippen LogP contribution in [0.25, 0.3) is 0 Å². The summed E-state index contributed by atoms with van der Waals surface area (Å²) in [6.45, 7) is 5.20. The van der Waals surface area contributed by atoms with E-state index in [0.29, 0.717) is 25.9 Å². The third kappa shape index (κ3) is 16.4. The highest BCUT2D eigenvalue weighted by Crippen LogP contribution is 2.30. The molecular formula is C23H35F3N2O13. The number of alkyl halides is 3. The third-order valence-electron chi connectivity index (χ3n) is 4.72. The predicted octanol–water partition coefficient (Wildman–Crippen LogP) is -0.0354. The number of ether oxygens (including phenoxy) is 6. The van der Waals surface area contributed by atoms with Crippen molar-refractivity contribution in [3.63, 3.8) is 0 Å². The fourth-order valence-electron chi connectivity index (χ4n) is 3.17. The molecule has 0 unspecified atom stereocenters. The Hall–Kier alpha value is -3.51. The van der Waals surface area contributed by atoms with Crippen molar-refractivity contribution < 1.29 is 75.5 Å². The predicted molar refractivity (Wildman–Crippen MR) is 128 cm³/mol. The second kappa shape index (κ2) is 18.8. The number of halogens is 3. The molecule has 1 amide bonds. The normalized spacial score (nSPS) is 21.8. The van der Waals surface area contributed by atoms with Crippen LogP contribution >= 0.6 is 0 Å². The van der Waals surface area contributed by atoms with Crippen LogP contribution in [0.1, 0.15) is 47.0 Å². The van der Waals surface area contributed by atoms with Gasteiger partial charge in [-0.1, -0.05) is 0 Å². The summed E-state index contributed by atoms with van der Waals surface area (Å²) in [5.41, 5.74) is 5.39. The van der Waals surface area contributed by atoms with E-state index in [0.717, 1.165) is 20.8 Å². The molecule has 1 aliphatic heterocycles. The van der Waals surface area contributed by atoms with Gasteiger partial charge in [-0.15, -0.1) is 0 Å². The lowest BCUT2D eigenvalue weighted by molar-refractivity contribution is -0.308. The van der Waals surface area contributed by atoms with Crippen LogP contribution in [0.15, 0.2) is 0 Å². The summed E-state index contributed by atoms with van der Waals surface area (Å²) in [6, 6.07) is 0. The van der Waals surface area contributed by atoms with E-state index in [1.54, 1.807) is 0 Å². The first-order chi connectivity index (χ1) is 19.0. The molecule has 0 aromatic heterocycles. The Labute approximate surface area is 233 Å². The summed E-state index contributed by atoms with van der Waals surface area (Å²) in [5, 5.41) is 9.84. The first kappa shape index (κ1) is 37.5. The number of esters is 4. The summed E-state index contributed by atoms with van der Waals surface area (Å²) < 4.78 is 64.1. The Morgan fingerprint density at radius 1 is 0.854 bits per heavy atom. The number of nitrogens with two attached hydrogens (primary N) is 1. The molecule has 41 heavy (non-hydrogen) atoms. The molecule has 5 atom stereocenters. The first-order valence-corrected chi connectivity index (χ1v) is 12.2. The van der Waals surface area contributed by atoms with Crippen molar-refractivity contribution in [3.8, 4) is 0 Å². The minimum Gasteiger partial charge on any atom is -0.475 e. The van der Waals surface area contributed by atoms with E-state index >= 15 is 0 Å². The Morgan fingerprint density at radius 3 is 1.83 bits per heavy atom. The fourth-order valence-corrected chi connectivity index (χ4v) is 3.17. The quantitative estimate of drug-likeness (QED) is 0.143. The van der Waals surface area contributed by atoms with Crippen LogP contribution in [-0.2, 0) is 57.2 Å². The lowest BCUT2D eigenvalue weighted by Gasteiger charge is -2.44. The molecule has 0 bridgehead atoms. The number of hydrogen-bond acceptors (Lipinski definition) is 13. The Morgan fingerprint density at radius 2 is 1.37 bits per heavy atom. The van der Waals surface area contributed by atoms with Crippen molar-refractivity contribution in [2.45, 2.75) is 83.8 Å². The van der Waals surface area contributed by atoms with Crippen LogP contribution in [0.4, 0.5) is 13.2 Å². The summed E-state index contributed by atoms with van der Waals surface area (Å²) >= 11 is 0. The standard InChI is InChI=1S/C21H34N2O11.C2HF3O2/c1-12(24)30-11-16-18(31-13(2)25)19(32-14(3)26)20(33-15(4)27)21(34-16)29-10-5-7-17(28)23-9-6-8-22;3-2(4,5)1(6)7/h16,18-21H,5-11,22H2,1-4H3,(H,23,28);(H,6,7)/t16-,18-,19+,20+,21+;/m1./s1. The second-order valence-corrected chi connectivity index (χ2v) is 8.34. The van der Waals surface area contributed by atoms with Gasteiger partial charge in [0.2, 0.25) is 5.91 Å². The first-order valence-electron chi connectivity index (χ1n) is 12.2. The smallest absolute Gasteiger partial charge is 0.475 e. The van der Waals surface area contributed by atoms with E-state index in [-0.39, 0.29) is 25.5 Å². The van der Waals surface area contributed by atoms with Crippen molar-refractivity contribution in [1.82, 2.24) is 5.32 Å². The summed E-state index contributed by atoms with van der Waals surface area (Å²) in [7, 11) is 0. The lowest BCUT2D eigenvalue weighted by atomic mass is 9.98. The van der Waals surface area contributed by atoms with E-state index in [9.17, 15) is 37.1 Å². The van der Waals surface area contributed by atoms with Crippen LogP contribution in [0.3, 0.4) is 0 Å². The van der Waals surface area contributed by atoms with Crippen molar-refractivity contribution >= 4 is 35.8 Å². The number of carbonyl (C=O) groups is 6. The van der Waals surface area contributed by atoms with E-state index in [1.807, 2.05) is 0 Å². The average Bonchev–Trinajstić information content (AvgIpc) is 2.83. The van der Waals surface area contributed by atoms with Crippen molar-refractivity contribution in [1.29, 1.82) is 0 Å². The number of carboxylic acid groups (broad SMARTS) is 1. The molecule has 1 rings (SSSR count). The van der Waals surface area contributed by atoms with Crippen molar-refractivity contribution in [2.75, 3.05) is 26.3 Å². The highest BCUT2D eigenvalue weighted by Gasteiger charge is 2.52. The Kier molecular flexibility index (Phi) is 17.2. The third-order valence-corrected chi connectivity index (χ3v) is 4.72. The van der Waals surface area contributed by atoms with Gasteiger partial charge in [-0.3, -0.25) is 24.0 Å². The van der Waals surface area contributed by atoms with E-state index in [1.165, 1.54) is 6.92 Å². The van der Waals surface area contributed by atoms with Gasteiger partial charge in [0.05, 0.1) is 6.61 Å². The second-order valence-electron chi connectivity index (χ2n) is 8.34. The zero-order valence-electron chi connectivity index (χ0n) is 22.9. The van der Waals surface area contributed by atoms with Crippen molar-refractivity contribution in [2.24, 2.45) is 5.73 Å². The number of nitrogens with one attached hydrogen (secondary N) is 1. The molecule has 4 N–H and O–H groups in total. The fraction of sp³-hybridized carbons (Fsp3) is 0.739. The molecule has 0 spiro atoms. The molecule has 1 heterocycles. The summed E-state index contributed by atoms with van der Waals surface area (Å²) in [5.74, 6) is -5.74. The number of rotatable bonds is 13.